The lowest BCUT2D eigenvalue weighted by Gasteiger charge is -2.23. The summed E-state index contributed by atoms with van der Waals surface area (Å²) in [6.45, 7) is 4.28. The second-order valence-electron chi connectivity index (χ2n) is 5.20. The van der Waals surface area contributed by atoms with Crippen molar-refractivity contribution in [3.63, 3.8) is 0 Å². The van der Waals surface area contributed by atoms with Crippen LogP contribution in [0.15, 0.2) is 18.2 Å². The molecular formula is C14H19FN2. The van der Waals surface area contributed by atoms with Gasteiger partial charge in [-0.3, -0.25) is 4.90 Å². The van der Waals surface area contributed by atoms with E-state index in [1.165, 1.54) is 38.4 Å². The zero-order chi connectivity index (χ0) is 11.8. The summed E-state index contributed by atoms with van der Waals surface area (Å²) in [5, 5.41) is 3.54. The summed E-state index contributed by atoms with van der Waals surface area (Å²) in [7, 11) is 0. The van der Waals surface area contributed by atoms with Gasteiger partial charge in [0.2, 0.25) is 0 Å². The molecule has 0 bridgehead atoms. The molecule has 3 heteroatoms. The van der Waals surface area contributed by atoms with Crippen LogP contribution in [0.4, 0.5) is 10.1 Å². The van der Waals surface area contributed by atoms with Crippen molar-refractivity contribution in [1.82, 2.24) is 4.90 Å². The largest absolute Gasteiger partial charge is 0.380 e. The van der Waals surface area contributed by atoms with Gasteiger partial charge in [-0.1, -0.05) is 6.07 Å². The van der Waals surface area contributed by atoms with Gasteiger partial charge in [-0.15, -0.1) is 0 Å². The van der Waals surface area contributed by atoms with Crippen molar-refractivity contribution in [2.45, 2.75) is 38.3 Å². The first-order chi connectivity index (χ1) is 8.25. The Labute approximate surface area is 102 Å². The van der Waals surface area contributed by atoms with Gasteiger partial charge in [-0.2, -0.15) is 0 Å². The second-order valence-corrected chi connectivity index (χ2v) is 5.20. The molecule has 2 aliphatic rings. The quantitative estimate of drug-likeness (QED) is 0.846. The molecule has 2 saturated heterocycles. The topological polar surface area (TPSA) is 15.3 Å². The fourth-order valence-electron chi connectivity index (χ4n) is 3.21. The van der Waals surface area contributed by atoms with E-state index in [-0.39, 0.29) is 5.82 Å². The van der Waals surface area contributed by atoms with Crippen LogP contribution in [-0.2, 0) is 0 Å². The Morgan fingerprint density at radius 3 is 3.06 bits per heavy atom. The maximum atomic E-state index is 13.5. The molecule has 0 aliphatic carbocycles. The predicted octanol–water partition coefficient (Wildman–Crippen LogP) is 2.78. The van der Waals surface area contributed by atoms with E-state index < -0.39 is 0 Å². The molecular weight excluding hydrogens is 215 g/mol. The van der Waals surface area contributed by atoms with Gasteiger partial charge in [-0.25, -0.2) is 4.39 Å². The molecule has 0 aromatic heterocycles. The lowest BCUT2D eigenvalue weighted by atomic mass is 10.1. The van der Waals surface area contributed by atoms with Crippen LogP contribution in [-0.4, -0.2) is 30.1 Å². The van der Waals surface area contributed by atoms with Crippen molar-refractivity contribution in [2.24, 2.45) is 0 Å². The number of benzene rings is 1. The minimum Gasteiger partial charge on any atom is -0.380 e. The van der Waals surface area contributed by atoms with E-state index >= 15 is 0 Å². The summed E-state index contributed by atoms with van der Waals surface area (Å²) in [5.41, 5.74) is 1.70. The van der Waals surface area contributed by atoms with Gasteiger partial charge in [0.25, 0.3) is 0 Å². The van der Waals surface area contributed by atoms with Gasteiger partial charge in [0.05, 0.1) is 0 Å². The monoisotopic (exact) mass is 234 g/mol. The lowest BCUT2D eigenvalue weighted by molar-refractivity contribution is 0.318. The molecule has 1 aromatic rings. The average Bonchev–Trinajstić information content (AvgIpc) is 2.89. The Balaban J connectivity index is 1.76. The highest BCUT2D eigenvalue weighted by Crippen LogP contribution is 2.31. The Morgan fingerprint density at radius 2 is 2.18 bits per heavy atom. The number of rotatable bonds is 2. The van der Waals surface area contributed by atoms with E-state index in [2.05, 4.69) is 10.2 Å². The van der Waals surface area contributed by atoms with Crippen molar-refractivity contribution >= 4 is 5.69 Å². The molecule has 17 heavy (non-hydrogen) atoms. The summed E-state index contributed by atoms with van der Waals surface area (Å²) < 4.78 is 13.5. The zero-order valence-electron chi connectivity index (χ0n) is 10.2. The van der Waals surface area contributed by atoms with Crippen molar-refractivity contribution in [1.29, 1.82) is 0 Å². The molecule has 0 radical (unpaired) electrons. The molecule has 0 saturated carbocycles. The second kappa shape index (κ2) is 4.30. The minimum atomic E-state index is -0.115. The highest BCUT2D eigenvalue weighted by Gasteiger charge is 2.37. The summed E-state index contributed by atoms with van der Waals surface area (Å²) in [5.74, 6) is -0.115. The fourth-order valence-corrected chi connectivity index (χ4v) is 3.21. The van der Waals surface area contributed by atoms with Crippen molar-refractivity contribution in [3.05, 3.63) is 29.6 Å². The zero-order valence-corrected chi connectivity index (χ0v) is 10.2. The van der Waals surface area contributed by atoms with Gasteiger partial charge in [0, 0.05) is 29.9 Å². The van der Waals surface area contributed by atoms with Crippen LogP contribution < -0.4 is 5.32 Å². The first kappa shape index (κ1) is 11.0. The number of hydrogen-bond acceptors (Lipinski definition) is 2. The number of hydrogen-bond donors (Lipinski definition) is 1. The normalized spacial score (nSPS) is 28.4. The van der Waals surface area contributed by atoms with Gasteiger partial charge < -0.3 is 5.32 Å². The van der Waals surface area contributed by atoms with Gasteiger partial charge in [-0.05, 0) is 44.9 Å². The first-order valence-electron chi connectivity index (χ1n) is 6.51. The molecule has 0 spiro atoms. The Hall–Kier alpha value is -1.09. The van der Waals surface area contributed by atoms with E-state index in [1.807, 2.05) is 13.0 Å². The van der Waals surface area contributed by atoms with Crippen molar-refractivity contribution in [3.8, 4) is 0 Å². The van der Waals surface area contributed by atoms with Crippen LogP contribution in [0.25, 0.3) is 0 Å². The summed E-state index contributed by atoms with van der Waals surface area (Å²) in [6.07, 6.45) is 3.78. The van der Waals surface area contributed by atoms with E-state index in [0.717, 1.165) is 11.3 Å². The highest BCUT2D eigenvalue weighted by atomic mass is 19.1. The average molecular weight is 234 g/mol. The maximum absolute atomic E-state index is 13.5. The van der Waals surface area contributed by atoms with E-state index in [4.69, 9.17) is 0 Å². The summed E-state index contributed by atoms with van der Waals surface area (Å²) >= 11 is 0. The predicted molar refractivity (Wildman–Crippen MR) is 67.8 cm³/mol. The molecule has 1 N–H and O–H groups in total. The molecule has 92 valence electrons. The molecule has 2 nitrogen and oxygen atoms in total. The van der Waals surface area contributed by atoms with Crippen LogP contribution in [0.5, 0.6) is 0 Å². The molecule has 2 fully saturated rings. The summed E-state index contributed by atoms with van der Waals surface area (Å²) in [4.78, 5) is 2.56. The molecule has 1 aromatic carbocycles. The number of halogens is 1. The van der Waals surface area contributed by atoms with Crippen LogP contribution in [0, 0.1) is 12.7 Å². The summed E-state index contributed by atoms with van der Waals surface area (Å²) in [6, 6.07) is 6.45. The van der Waals surface area contributed by atoms with Crippen LogP contribution in [0.1, 0.15) is 24.8 Å². The molecule has 2 atom stereocenters. The molecule has 2 aliphatic heterocycles. The van der Waals surface area contributed by atoms with Crippen LogP contribution in [0.2, 0.25) is 0 Å². The third-order valence-electron chi connectivity index (χ3n) is 4.21. The van der Waals surface area contributed by atoms with Gasteiger partial charge in [0.1, 0.15) is 5.82 Å². The molecule has 2 heterocycles. The number of fused-ring (bicyclic) bond motifs is 1. The van der Waals surface area contributed by atoms with E-state index in [0.29, 0.717) is 12.1 Å². The lowest BCUT2D eigenvalue weighted by Crippen LogP contribution is -2.33. The Morgan fingerprint density at radius 1 is 1.29 bits per heavy atom. The third-order valence-corrected chi connectivity index (χ3v) is 4.21. The van der Waals surface area contributed by atoms with Crippen LogP contribution >= 0.6 is 0 Å². The number of nitrogens with zero attached hydrogens (tertiary/aromatic N) is 1. The first-order valence-corrected chi connectivity index (χ1v) is 6.51. The van der Waals surface area contributed by atoms with Gasteiger partial charge >= 0.3 is 0 Å². The van der Waals surface area contributed by atoms with Gasteiger partial charge in [0.15, 0.2) is 0 Å². The third kappa shape index (κ3) is 1.93. The molecule has 0 amide bonds. The van der Waals surface area contributed by atoms with E-state index in [1.54, 1.807) is 6.07 Å². The molecule has 3 rings (SSSR count). The van der Waals surface area contributed by atoms with Crippen LogP contribution in [0.3, 0.4) is 0 Å². The van der Waals surface area contributed by atoms with Crippen molar-refractivity contribution in [2.75, 3.05) is 18.4 Å². The Bertz CT molecular complexity index is 419. The highest BCUT2D eigenvalue weighted by molar-refractivity contribution is 5.52. The van der Waals surface area contributed by atoms with Crippen molar-refractivity contribution < 1.29 is 4.39 Å². The minimum absolute atomic E-state index is 0.115. The maximum Gasteiger partial charge on any atom is 0.128 e. The SMILES string of the molecule is Cc1c(F)cccc1NC1CCN2CCCC12. The molecule has 2 unspecified atom stereocenters. The fraction of sp³-hybridized carbons (Fsp3) is 0.571. The van der Waals surface area contributed by atoms with E-state index in [9.17, 15) is 4.39 Å². The Kier molecular flexibility index (Phi) is 2.79. The number of nitrogens with one attached hydrogen (secondary N) is 1. The number of anilines is 1. The smallest absolute Gasteiger partial charge is 0.128 e. The standard InChI is InChI=1S/C14H19FN2/c1-10-11(15)4-2-5-12(10)16-13-7-9-17-8-3-6-14(13)17/h2,4-5,13-14,16H,3,6-9H2,1H3.